The smallest absolute Gasteiger partial charge is 0.209 e. The lowest BCUT2D eigenvalue weighted by molar-refractivity contribution is 0.0488. The molecule has 1 radical (unpaired) electrons. The second-order valence-corrected chi connectivity index (χ2v) is 2.01. The molecule has 1 atom stereocenters. The largest absolute Gasteiger partial charge is 0.375 e. The third kappa shape index (κ3) is 2.47. The van der Waals surface area contributed by atoms with Crippen molar-refractivity contribution in [2.24, 2.45) is 0 Å². The Hall–Kier alpha value is -0.380. The quantitative estimate of drug-likeness (QED) is 0.429. The molecular weight excluding hydrogens is 132 g/mol. The number of hydrogen-bond acceptors (Lipinski definition) is 3. The van der Waals surface area contributed by atoms with E-state index in [9.17, 15) is 0 Å². The van der Waals surface area contributed by atoms with Crippen LogP contribution in [0.3, 0.4) is 0 Å². The van der Waals surface area contributed by atoms with E-state index in [1.807, 2.05) is 0 Å². The van der Waals surface area contributed by atoms with Gasteiger partial charge in [0.25, 0.3) is 0 Å². The van der Waals surface area contributed by atoms with E-state index in [2.05, 4.69) is 6.58 Å². The van der Waals surface area contributed by atoms with Gasteiger partial charge in [0.1, 0.15) is 6.10 Å². The summed E-state index contributed by atoms with van der Waals surface area (Å²) in [5, 5.41) is 0. The van der Waals surface area contributed by atoms with Gasteiger partial charge in [0, 0.05) is 0 Å². The predicted molar refractivity (Wildman–Crippen MR) is 36.1 cm³/mol. The summed E-state index contributed by atoms with van der Waals surface area (Å²) in [7, 11) is 0. The van der Waals surface area contributed by atoms with Crippen LogP contribution in [0, 0.1) is 6.79 Å². The summed E-state index contributed by atoms with van der Waals surface area (Å²) in [6.45, 7) is 6.60. The molecule has 57 valence electrons. The van der Waals surface area contributed by atoms with Gasteiger partial charge in [0.2, 0.25) is 6.79 Å². The van der Waals surface area contributed by atoms with Crippen molar-refractivity contribution in [1.29, 1.82) is 0 Å². The summed E-state index contributed by atoms with van der Waals surface area (Å²) in [6.07, 6.45) is 1.78. The van der Waals surface area contributed by atoms with Crippen LogP contribution in [0.1, 0.15) is 0 Å². The topological polar surface area (TPSA) is 27.7 Å². The summed E-state index contributed by atoms with van der Waals surface area (Å²) >= 11 is 0. The molecule has 1 unspecified atom stereocenters. The van der Waals surface area contributed by atoms with E-state index in [4.69, 9.17) is 14.2 Å². The second-order valence-electron chi connectivity index (χ2n) is 2.01. The monoisotopic (exact) mass is 143 g/mol. The maximum atomic E-state index is 5.12. The van der Waals surface area contributed by atoms with Crippen LogP contribution in [0.25, 0.3) is 0 Å². The van der Waals surface area contributed by atoms with Gasteiger partial charge < -0.3 is 14.2 Å². The Morgan fingerprint density at radius 3 is 3.30 bits per heavy atom. The van der Waals surface area contributed by atoms with Crippen LogP contribution in [0.2, 0.25) is 0 Å². The van der Waals surface area contributed by atoms with Crippen molar-refractivity contribution in [1.82, 2.24) is 0 Å². The maximum Gasteiger partial charge on any atom is 0.209 e. The molecule has 10 heavy (non-hydrogen) atoms. The molecule has 0 aromatic heterocycles. The molecule has 0 N–H and O–H groups in total. The molecule has 1 rings (SSSR count). The standard InChI is InChI=1S/C7H11O3/c1-2-3-8-4-7-5-9-6-10-7/h2,6-7H,1,3-5H2. The van der Waals surface area contributed by atoms with Crippen molar-refractivity contribution < 1.29 is 14.2 Å². The highest BCUT2D eigenvalue weighted by atomic mass is 16.7. The Balaban J connectivity index is 1.96. The van der Waals surface area contributed by atoms with Crippen molar-refractivity contribution in [3.63, 3.8) is 0 Å². The van der Waals surface area contributed by atoms with E-state index in [1.54, 1.807) is 6.08 Å². The first-order valence-electron chi connectivity index (χ1n) is 3.21. The van der Waals surface area contributed by atoms with Gasteiger partial charge in [-0.3, -0.25) is 0 Å². The minimum atomic E-state index is 0.0694. The summed E-state index contributed by atoms with van der Waals surface area (Å²) in [5.41, 5.74) is 0. The highest BCUT2D eigenvalue weighted by molar-refractivity contribution is 4.67. The van der Waals surface area contributed by atoms with Crippen LogP contribution in [0.5, 0.6) is 0 Å². The van der Waals surface area contributed by atoms with Gasteiger partial charge in [-0.1, -0.05) is 6.08 Å². The van der Waals surface area contributed by atoms with Gasteiger partial charge in [-0.05, 0) is 0 Å². The average Bonchev–Trinajstić information content (AvgIpc) is 2.41. The molecule has 0 aromatic rings. The van der Waals surface area contributed by atoms with Crippen molar-refractivity contribution in [3.05, 3.63) is 19.4 Å². The van der Waals surface area contributed by atoms with Gasteiger partial charge in [0.15, 0.2) is 0 Å². The maximum absolute atomic E-state index is 5.12. The van der Waals surface area contributed by atoms with E-state index >= 15 is 0 Å². The number of rotatable bonds is 4. The Kier molecular flexibility index (Phi) is 3.43. The third-order valence-corrected chi connectivity index (χ3v) is 1.14. The van der Waals surface area contributed by atoms with E-state index < -0.39 is 0 Å². The van der Waals surface area contributed by atoms with Gasteiger partial charge in [-0.15, -0.1) is 6.58 Å². The average molecular weight is 143 g/mol. The van der Waals surface area contributed by atoms with Crippen LogP contribution in [-0.2, 0) is 14.2 Å². The fourth-order valence-electron chi connectivity index (χ4n) is 0.674. The summed E-state index contributed by atoms with van der Waals surface area (Å²) in [4.78, 5) is 0. The van der Waals surface area contributed by atoms with Gasteiger partial charge in [-0.2, -0.15) is 0 Å². The predicted octanol–water partition coefficient (Wildman–Crippen LogP) is 0.724. The van der Waals surface area contributed by atoms with Crippen LogP contribution in [0.4, 0.5) is 0 Å². The molecule has 0 aromatic carbocycles. The fraction of sp³-hybridized carbons (Fsp3) is 0.571. The Morgan fingerprint density at radius 1 is 1.80 bits per heavy atom. The third-order valence-electron chi connectivity index (χ3n) is 1.14. The summed E-state index contributed by atoms with van der Waals surface area (Å²) in [6, 6.07) is 0. The van der Waals surface area contributed by atoms with Crippen molar-refractivity contribution >= 4 is 0 Å². The first kappa shape index (κ1) is 7.72. The van der Waals surface area contributed by atoms with Gasteiger partial charge in [-0.25, -0.2) is 0 Å². The Bertz CT molecular complexity index is 97.0. The molecule has 1 heterocycles. The first-order chi connectivity index (χ1) is 4.93. The molecule has 0 spiro atoms. The molecular formula is C7H11O3. The van der Waals surface area contributed by atoms with Crippen molar-refractivity contribution in [2.45, 2.75) is 6.10 Å². The van der Waals surface area contributed by atoms with E-state index in [0.717, 1.165) is 0 Å². The van der Waals surface area contributed by atoms with Crippen molar-refractivity contribution in [2.75, 3.05) is 19.8 Å². The highest BCUT2D eigenvalue weighted by Gasteiger charge is 2.15. The van der Waals surface area contributed by atoms with Crippen LogP contribution in [-0.4, -0.2) is 25.9 Å². The molecule has 0 aliphatic carbocycles. The second kappa shape index (κ2) is 4.44. The molecule has 1 saturated heterocycles. The Labute approximate surface area is 60.6 Å². The van der Waals surface area contributed by atoms with Crippen LogP contribution < -0.4 is 0 Å². The number of hydrogen-bond donors (Lipinski definition) is 0. The summed E-state index contributed by atoms with van der Waals surface area (Å²) < 4.78 is 15.0. The molecule has 1 fully saturated rings. The van der Waals surface area contributed by atoms with Crippen molar-refractivity contribution in [3.8, 4) is 0 Å². The lowest BCUT2D eigenvalue weighted by Crippen LogP contribution is -2.17. The zero-order valence-electron chi connectivity index (χ0n) is 5.79. The molecule has 0 amide bonds. The zero-order chi connectivity index (χ0) is 7.23. The molecule has 3 nitrogen and oxygen atoms in total. The lowest BCUT2D eigenvalue weighted by atomic mass is 10.4. The minimum absolute atomic E-state index is 0.0694. The zero-order valence-corrected chi connectivity index (χ0v) is 5.79. The van der Waals surface area contributed by atoms with E-state index in [-0.39, 0.29) is 6.10 Å². The van der Waals surface area contributed by atoms with Gasteiger partial charge >= 0.3 is 0 Å². The van der Waals surface area contributed by atoms with Crippen LogP contribution >= 0.6 is 0 Å². The SMILES string of the molecule is C=CCOCC1CO[CH]O1. The van der Waals surface area contributed by atoms with Crippen LogP contribution in [0.15, 0.2) is 12.7 Å². The van der Waals surface area contributed by atoms with E-state index in [1.165, 1.54) is 6.79 Å². The lowest BCUT2D eigenvalue weighted by Gasteiger charge is -2.05. The molecule has 1 aliphatic heterocycles. The minimum Gasteiger partial charge on any atom is -0.375 e. The molecule has 0 saturated carbocycles. The van der Waals surface area contributed by atoms with Gasteiger partial charge in [0.05, 0.1) is 19.8 Å². The number of ether oxygens (including phenoxy) is 3. The van der Waals surface area contributed by atoms with E-state index in [0.29, 0.717) is 19.8 Å². The first-order valence-corrected chi connectivity index (χ1v) is 3.21. The molecule has 1 aliphatic rings. The Morgan fingerprint density at radius 2 is 2.70 bits per heavy atom. The molecule has 0 bridgehead atoms. The highest BCUT2D eigenvalue weighted by Crippen LogP contribution is 2.06. The summed E-state index contributed by atoms with van der Waals surface area (Å²) in [5.74, 6) is 0. The normalized spacial score (nSPS) is 25.0. The molecule has 3 heteroatoms. The fourth-order valence-corrected chi connectivity index (χ4v) is 0.674.